The lowest BCUT2D eigenvalue weighted by molar-refractivity contribution is 0.124. The van der Waals surface area contributed by atoms with Crippen LogP contribution < -0.4 is 5.32 Å². The van der Waals surface area contributed by atoms with Gasteiger partial charge in [0, 0.05) is 6.04 Å². The van der Waals surface area contributed by atoms with Gasteiger partial charge in [0.05, 0.1) is 0 Å². The van der Waals surface area contributed by atoms with Gasteiger partial charge in [-0.2, -0.15) is 0 Å². The number of halogens is 1. The molecule has 0 bridgehead atoms. The molecule has 2 fully saturated rings. The summed E-state index contributed by atoms with van der Waals surface area (Å²) in [7, 11) is 0. The second-order valence-corrected chi connectivity index (χ2v) is 5.18. The molecule has 2 heteroatoms. The Hall–Kier alpha value is -0.110. The maximum atomic E-state index is 14.1. The van der Waals surface area contributed by atoms with Crippen LogP contribution in [0.3, 0.4) is 0 Å². The van der Waals surface area contributed by atoms with Crippen LogP contribution in [0.4, 0.5) is 4.39 Å². The summed E-state index contributed by atoms with van der Waals surface area (Å²) in [5, 5.41) is 3.29. The van der Waals surface area contributed by atoms with Crippen LogP contribution in [-0.4, -0.2) is 18.8 Å². The van der Waals surface area contributed by atoms with Gasteiger partial charge in [-0.3, -0.25) is 0 Å². The Bertz CT molecular complexity index is 177. The zero-order chi connectivity index (χ0) is 9.97. The fourth-order valence-electron chi connectivity index (χ4n) is 3.08. The number of hydrogen-bond donors (Lipinski definition) is 1. The topological polar surface area (TPSA) is 12.0 Å². The van der Waals surface area contributed by atoms with Gasteiger partial charge in [-0.25, -0.2) is 4.39 Å². The fraction of sp³-hybridized carbons (Fsp3) is 1.00. The number of alkyl halides is 1. The number of rotatable bonds is 2. The van der Waals surface area contributed by atoms with Gasteiger partial charge >= 0.3 is 0 Å². The highest BCUT2D eigenvalue weighted by molar-refractivity contribution is 4.88. The van der Waals surface area contributed by atoms with E-state index in [1.54, 1.807) is 0 Å². The first kappa shape index (κ1) is 10.4. The van der Waals surface area contributed by atoms with Crippen LogP contribution in [0.15, 0.2) is 0 Å². The molecule has 0 aromatic heterocycles. The van der Waals surface area contributed by atoms with Crippen LogP contribution in [0.1, 0.15) is 45.4 Å². The van der Waals surface area contributed by atoms with Crippen LogP contribution in [0, 0.1) is 11.8 Å². The summed E-state index contributed by atoms with van der Waals surface area (Å²) in [6, 6.07) is 0.172. The summed E-state index contributed by atoms with van der Waals surface area (Å²) in [5.41, 5.74) is 0. The highest BCUT2D eigenvalue weighted by atomic mass is 19.1. The molecule has 14 heavy (non-hydrogen) atoms. The van der Waals surface area contributed by atoms with E-state index >= 15 is 0 Å². The number of hydrogen-bond acceptors (Lipinski definition) is 1. The lowest BCUT2D eigenvalue weighted by Gasteiger charge is -2.31. The van der Waals surface area contributed by atoms with Crippen molar-refractivity contribution >= 4 is 0 Å². The molecule has 1 aliphatic carbocycles. The molecular weight excluding hydrogens is 177 g/mol. The van der Waals surface area contributed by atoms with Crippen molar-refractivity contribution in [3.63, 3.8) is 0 Å². The SMILES string of the molecule is CC1CCCC(C(F)C2CCCN2)C1. The van der Waals surface area contributed by atoms with E-state index in [0.29, 0.717) is 5.92 Å². The van der Waals surface area contributed by atoms with Gasteiger partial charge in [-0.1, -0.05) is 19.8 Å². The van der Waals surface area contributed by atoms with Crippen molar-refractivity contribution in [2.75, 3.05) is 6.54 Å². The van der Waals surface area contributed by atoms with Gasteiger partial charge in [0.25, 0.3) is 0 Å². The Morgan fingerprint density at radius 3 is 2.71 bits per heavy atom. The van der Waals surface area contributed by atoms with Crippen molar-refractivity contribution in [1.82, 2.24) is 5.32 Å². The van der Waals surface area contributed by atoms with Gasteiger partial charge in [-0.05, 0) is 44.1 Å². The van der Waals surface area contributed by atoms with Crippen molar-refractivity contribution in [3.8, 4) is 0 Å². The Kier molecular flexibility index (Phi) is 3.42. The van der Waals surface area contributed by atoms with Gasteiger partial charge < -0.3 is 5.32 Å². The molecule has 1 N–H and O–H groups in total. The molecule has 1 saturated carbocycles. The second-order valence-electron chi connectivity index (χ2n) is 5.18. The molecule has 82 valence electrons. The van der Waals surface area contributed by atoms with E-state index in [1.807, 2.05) is 0 Å². The van der Waals surface area contributed by atoms with E-state index in [4.69, 9.17) is 0 Å². The zero-order valence-corrected chi connectivity index (χ0v) is 9.14. The van der Waals surface area contributed by atoms with E-state index in [-0.39, 0.29) is 6.04 Å². The van der Waals surface area contributed by atoms with Crippen molar-refractivity contribution < 1.29 is 4.39 Å². The molecule has 0 aromatic carbocycles. The van der Waals surface area contributed by atoms with Crippen molar-refractivity contribution in [2.45, 2.75) is 57.7 Å². The molecule has 4 atom stereocenters. The third-order valence-corrected chi connectivity index (χ3v) is 3.91. The molecule has 1 aliphatic heterocycles. The molecule has 1 heterocycles. The van der Waals surface area contributed by atoms with Gasteiger partial charge in [0.15, 0.2) is 0 Å². The summed E-state index contributed by atoms with van der Waals surface area (Å²) in [6.45, 7) is 3.29. The smallest absolute Gasteiger partial charge is 0.118 e. The monoisotopic (exact) mass is 199 g/mol. The summed E-state index contributed by atoms with van der Waals surface area (Å²) in [4.78, 5) is 0. The average molecular weight is 199 g/mol. The molecule has 2 aliphatic rings. The zero-order valence-electron chi connectivity index (χ0n) is 9.14. The first-order valence-electron chi connectivity index (χ1n) is 6.15. The lowest BCUT2D eigenvalue weighted by atomic mass is 9.78. The van der Waals surface area contributed by atoms with Crippen LogP contribution in [-0.2, 0) is 0 Å². The van der Waals surface area contributed by atoms with Crippen LogP contribution in [0.25, 0.3) is 0 Å². The first-order valence-corrected chi connectivity index (χ1v) is 6.15. The Morgan fingerprint density at radius 1 is 1.21 bits per heavy atom. The third-order valence-electron chi connectivity index (χ3n) is 3.91. The number of nitrogens with one attached hydrogen (secondary N) is 1. The maximum absolute atomic E-state index is 14.1. The van der Waals surface area contributed by atoms with Gasteiger partial charge in [0.2, 0.25) is 0 Å². The standard InChI is InChI=1S/C12H22FN/c1-9-4-2-5-10(8-9)12(13)11-6-3-7-14-11/h9-12,14H,2-8H2,1H3. The molecule has 1 nitrogen and oxygen atoms in total. The van der Waals surface area contributed by atoms with Crippen LogP contribution in [0.5, 0.6) is 0 Å². The minimum atomic E-state index is -0.583. The quantitative estimate of drug-likeness (QED) is 0.721. The van der Waals surface area contributed by atoms with Crippen molar-refractivity contribution in [2.24, 2.45) is 11.8 Å². The average Bonchev–Trinajstić information content (AvgIpc) is 2.69. The van der Waals surface area contributed by atoms with E-state index in [9.17, 15) is 4.39 Å². The Labute approximate surface area is 86.5 Å². The molecule has 0 radical (unpaired) electrons. The molecule has 2 rings (SSSR count). The fourth-order valence-corrected chi connectivity index (χ4v) is 3.08. The highest BCUT2D eigenvalue weighted by Gasteiger charge is 2.33. The third kappa shape index (κ3) is 2.28. The minimum Gasteiger partial charge on any atom is -0.311 e. The Balaban J connectivity index is 1.86. The summed E-state index contributed by atoms with van der Waals surface area (Å²) in [6.07, 6.45) is 6.39. The van der Waals surface area contributed by atoms with Crippen LogP contribution >= 0.6 is 0 Å². The summed E-state index contributed by atoms with van der Waals surface area (Å²) < 4.78 is 14.1. The van der Waals surface area contributed by atoms with E-state index < -0.39 is 6.17 Å². The predicted octanol–water partition coefficient (Wildman–Crippen LogP) is 2.90. The largest absolute Gasteiger partial charge is 0.311 e. The first-order chi connectivity index (χ1) is 6.77. The lowest BCUT2D eigenvalue weighted by Crippen LogP contribution is -2.38. The molecule has 0 aromatic rings. The van der Waals surface area contributed by atoms with E-state index in [2.05, 4.69) is 12.2 Å². The second kappa shape index (κ2) is 4.61. The summed E-state index contributed by atoms with van der Waals surface area (Å²) >= 11 is 0. The van der Waals surface area contributed by atoms with Crippen molar-refractivity contribution in [3.05, 3.63) is 0 Å². The highest BCUT2D eigenvalue weighted by Crippen LogP contribution is 2.34. The van der Waals surface area contributed by atoms with Crippen LogP contribution in [0.2, 0.25) is 0 Å². The molecule has 0 spiro atoms. The molecular formula is C12H22FN. The predicted molar refractivity (Wildman–Crippen MR) is 57.0 cm³/mol. The molecule has 4 unspecified atom stereocenters. The maximum Gasteiger partial charge on any atom is 0.118 e. The van der Waals surface area contributed by atoms with Crippen molar-refractivity contribution in [1.29, 1.82) is 0 Å². The summed E-state index contributed by atoms with van der Waals surface area (Å²) in [5.74, 6) is 1.09. The Morgan fingerprint density at radius 2 is 2.07 bits per heavy atom. The molecule has 0 amide bonds. The van der Waals surface area contributed by atoms with E-state index in [0.717, 1.165) is 38.1 Å². The minimum absolute atomic E-state index is 0.172. The van der Waals surface area contributed by atoms with Gasteiger partial charge in [0.1, 0.15) is 6.17 Å². The normalized spacial score (nSPS) is 41.1. The van der Waals surface area contributed by atoms with Gasteiger partial charge in [-0.15, -0.1) is 0 Å². The molecule has 1 saturated heterocycles. The van der Waals surface area contributed by atoms with E-state index in [1.165, 1.54) is 12.8 Å².